The van der Waals surface area contributed by atoms with Crippen molar-refractivity contribution in [2.24, 2.45) is 0 Å². The van der Waals surface area contributed by atoms with E-state index in [4.69, 9.17) is 9.16 Å². The van der Waals surface area contributed by atoms with Crippen LogP contribution in [0.25, 0.3) is 11.0 Å². The highest BCUT2D eigenvalue weighted by Crippen LogP contribution is 2.40. The number of anilines is 1. The van der Waals surface area contributed by atoms with Gasteiger partial charge in [-0.15, -0.1) is 0 Å². The monoisotopic (exact) mass is 615 g/mol. The molecule has 0 unspecified atom stereocenters. The second-order valence-corrected chi connectivity index (χ2v) is 17.0. The molecule has 1 N–H and O–H groups in total. The van der Waals surface area contributed by atoms with E-state index in [-0.39, 0.29) is 22.1 Å². The molecule has 43 heavy (non-hydrogen) atoms. The van der Waals surface area contributed by atoms with Crippen molar-refractivity contribution < 1.29 is 31.9 Å². The molecule has 0 aliphatic carbocycles. The molecule has 0 atom stereocenters. The molecular formula is C28H32F3N7O4Si. The molecule has 0 bridgehead atoms. The lowest BCUT2D eigenvalue weighted by atomic mass is 9.98. The van der Waals surface area contributed by atoms with Crippen molar-refractivity contribution in [1.29, 1.82) is 0 Å². The number of halogens is 3. The summed E-state index contributed by atoms with van der Waals surface area (Å²) in [4.78, 5) is 39.0. The number of alkyl halides is 3. The maximum Gasteiger partial charge on any atom is 0.435 e. The molecule has 1 amide bonds. The number of ketones is 1. The maximum atomic E-state index is 13.8. The van der Waals surface area contributed by atoms with Crippen LogP contribution in [0.1, 0.15) is 42.4 Å². The SMILES string of the molecule is CC(C)(C)[Si](C)(C)OCC1(n2cc(C(=O)c3cncc(NC(=O)Cn4ccc(C(F)(F)F)n4)c3)c3cncnc32)COC1. The molecule has 0 aromatic carbocycles. The third kappa shape index (κ3) is 6.10. The zero-order valence-corrected chi connectivity index (χ0v) is 25.4. The number of ether oxygens (including phenoxy) is 1. The molecule has 0 saturated carbocycles. The fourth-order valence-corrected chi connectivity index (χ4v) is 5.47. The first-order valence-electron chi connectivity index (χ1n) is 13.5. The van der Waals surface area contributed by atoms with Gasteiger partial charge in [0.15, 0.2) is 19.8 Å². The second-order valence-electron chi connectivity index (χ2n) is 12.2. The standard InChI is InChI=1S/C28H32F3N7O4Si/c1-26(2,3)43(4,5)42-16-27(14-41-15-27)38-12-21(20-11-33-17-34-25(20)38)24(40)18-8-19(10-32-9-18)35-23(39)13-37-7-6-22(36-37)28(29,30)31/h6-12,17H,13-16H2,1-5H3,(H,35,39). The topological polar surface area (TPSA) is 126 Å². The average molecular weight is 616 g/mol. The molecule has 4 aromatic rings. The maximum absolute atomic E-state index is 13.8. The summed E-state index contributed by atoms with van der Waals surface area (Å²) in [5.74, 6) is -1.01. The van der Waals surface area contributed by atoms with Gasteiger partial charge in [0.25, 0.3) is 0 Å². The molecule has 11 nitrogen and oxygen atoms in total. The van der Waals surface area contributed by atoms with Crippen molar-refractivity contribution in [2.45, 2.75) is 57.2 Å². The minimum absolute atomic E-state index is 0.0126. The number of hydrogen-bond donors (Lipinski definition) is 1. The van der Waals surface area contributed by atoms with Crippen molar-refractivity contribution in [2.75, 3.05) is 25.1 Å². The highest BCUT2D eigenvalue weighted by molar-refractivity contribution is 6.74. The van der Waals surface area contributed by atoms with E-state index in [1.165, 1.54) is 24.8 Å². The van der Waals surface area contributed by atoms with Crippen LogP contribution in [0.3, 0.4) is 0 Å². The van der Waals surface area contributed by atoms with Gasteiger partial charge in [0.05, 0.1) is 37.3 Å². The zero-order chi connectivity index (χ0) is 31.2. The minimum atomic E-state index is -4.61. The number of amides is 1. The van der Waals surface area contributed by atoms with E-state index in [0.29, 0.717) is 36.4 Å². The van der Waals surface area contributed by atoms with Crippen LogP contribution in [0.15, 0.2) is 49.4 Å². The van der Waals surface area contributed by atoms with Crippen LogP contribution >= 0.6 is 0 Å². The van der Waals surface area contributed by atoms with Crippen molar-refractivity contribution in [1.82, 2.24) is 29.3 Å². The van der Waals surface area contributed by atoms with Gasteiger partial charge < -0.3 is 19.0 Å². The Hall–Kier alpha value is -3.95. The second kappa shape index (κ2) is 11.0. The molecule has 0 spiro atoms. The van der Waals surface area contributed by atoms with Crippen LogP contribution in [0.4, 0.5) is 18.9 Å². The Kier molecular flexibility index (Phi) is 7.77. The number of fused-ring (bicyclic) bond motifs is 1. The fourth-order valence-electron chi connectivity index (χ4n) is 4.40. The van der Waals surface area contributed by atoms with E-state index in [0.717, 1.165) is 16.9 Å². The molecular weight excluding hydrogens is 583 g/mol. The van der Waals surface area contributed by atoms with Gasteiger partial charge in [-0.05, 0) is 30.3 Å². The molecule has 1 aliphatic heterocycles. The summed E-state index contributed by atoms with van der Waals surface area (Å²) in [6, 6.07) is 2.24. The van der Waals surface area contributed by atoms with Gasteiger partial charge in [0.2, 0.25) is 5.91 Å². The lowest BCUT2D eigenvalue weighted by Crippen LogP contribution is -2.57. The van der Waals surface area contributed by atoms with E-state index in [2.05, 4.69) is 59.2 Å². The number of carbonyl (C=O) groups is 2. The smallest absolute Gasteiger partial charge is 0.414 e. The van der Waals surface area contributed by atoms with Crippen LogP contribution in [-0.4, -0.2) is 69.1 Å². The van der Waals surface area contributed by atoms with Crippen LogP contribution in [0.2, 0.25) is 18.1 Å². The van der Waals surface area contributed by atoms with Gasteiger partial charge in [-0.2, -0.15) is 18.3 Å². The number of aromatic nitrogens is 6. The number of rotatable bonds is 9. The van der Waals surface area contributed by atoms with E-state index in [9.17, 15) is 22.8 Å². The number of nitrogens with one attached hydrogen (secondary N) is 1. The molecule has 5 rings (SSSR count). The number of pyridine rings is 1. The molecule has 15 heteroatoms. The Bertz CT molecular complexity index is 1670. The summed E-state index contributed by atoms with van der Waals surface area (Å²) in [7, 11) is -2.08. The first-order chi connectivity index (χ1) is 20.1. The van der Waals surface area contributed by atoms with Crippen molar-refractivity contribution in [3.63, 3.8) is 0 Å². The third-order valence-corrected chi connectivity index (χ3v) is 12.5. The number of hydrogen-bond acceptors (Lipinski definition) is 8. The molecule has 1 saturated heterocycles. The first kappa shape index (κ1) is 30.5. The summed E-state index contributed by atoms with van der Waals surface area (Å²) in [6.45, 7) is 11.6. The minimum Gasteiger partial charge on any atom is -0.414 e. The van der Waals surface area contributed by atoms with Gasteiger partial charge >= 0.3 is 6.18 Å². The molecule has 228 valence electrons. The van der Waals surface area contributed by atoms with E-state index in [1.54, 1.807) is 12.4 Å². The quantitative estimate of drug-likeness (QED) is 0.213. The van der Waals surface area contributed by atoms with Crippen LogP contribution in [0.5, 0.6) is 0 Å². The van der Waals surface area contributed by atoms with E-state index in [1.807, 2.05) is 4.57 Å². The Morgan fingerprint density at radius 1 is 1.14 bits per heavy atom. The predicted molar refractivity (Wildman–Crippen MR) is 153 cm³/mol. The van der Waals surface area contributed by atoms with E-state index < -0.39 is 38.2 Å². The van der Waals surface area contributed by atoms with Crippen LogP contribution in [-0.2, 0) is 32.2 Å². The van der Waals surface area contributed by atoms with Gasteiger partial charge in [0.1, 0.15) is 24.1 Å². The van der Waals surface area contributed by atoms with Crippen molar-refractivity contribution in [3.8, 4) is 0 Å². The Balaban J connectivity index is 1.38. The van der Waals surface area contributed by atoms with Crippen LogP contribution < -0.4 is 5.32 Å². The van der Waals surface area contributed by atoms with E-state index >= 15 is 0 Å². The molecule has 0 radical (unpaired) electrons. The largest absolute Gasteiger partial charge is 0.435 e. The fraction of sp³-hybridized carbons (Fsp3) is 0.429. The summed E-state index contributed by atoms with van der Waals surface area (Å²) in [5, 5.41) is 6.49. The van der Waals surface area contributed by atoms with Gasteiger partial charge in [-0.1, -0.05) is 20.8 Å². The van der Waals surface area contributed by atoms with Gasteiger partial charge in [-0.25, -0.2) is 9.97 Å². The molecule has 4 aromatic heterocycles. The molecule has 1 aliphatic rings. The lowest BCUT2D eigenvalue weighted by molar-refractivity contribution is -0.141. The summed E-state index contributed by atoms with van der Waals surface area (Å²) >= 11 is 0. The number of carbonyl (C=O) groups excluding carboxylic acids is 2. The van der Waals surface area contributed by atoms with Gasteiger partial charge in [-0.3, -0.25) is 19.3 Å². The molecule has 1 fully saturated rings. The average Bonchev–Trinajstić information content (AvgIpc) is 3.53. The lowest BCUT2D eigenvalue weighted by Gasteiger charge is -2.46. The normalized spacial score (nSPS) is 15.3. The summed E-state index contributed by atoms with van der Waals surface area (Å²) in [6.07, 6.45) is 3.89. The van der Waals surface area contributed by atoms with Crippen LogP contribution in [0, 0.1) is 0 Å². The Morgan fingerprint density at radius 2 is 1.88 bits per heavy atom. The Morgan fingerprint density at radius 3 is 2.51 bits per heavy atom. The predicted octanol–water partition coefficient (Wildman–Crippen LogP) is 4.66. The van der Waals surface area contributed by atoms with Crippen molar-refractivity contribution in [3.05, 3.63) is 66.3 Å². The Labute approximate surface area is 246 Å². The zero-order valence-electron chi connectivity index (χ0n) is 24.4. The molecule has 5 heterocycles. The first-order valence-corrected chi connectivity index (χ1v) is 16.4. The summed E-state index contributed by atoms with van der Waals surface area (Å²) < 4.78 is 53.5. The summed E-state index contributed by atoms with van der Waals surface area (Å²) in [5.41, 5.74) is -0.348. The number of nitrogens with zero attached hydrogens (tertiary/aromatic N) is 6. The highest BCUT2D eigenvalue weighted by atomic mass is 28.4. The van der Waals surface area contributed by atoms with Gasteiger partial charge in [0, 0.05) is 35.7 Å². The van der Waals surface area contributed by atoms with Crippen molar-refractivity contribution >= 4 is 36.7 Å². The highest BCUT2D eigenvalue weighted by Gasteiger charge is 2.46. The third-order valence-electron chi connectivity index (χ3n) is 7.99.